The molecule has 0 spiro atoms. The lowest BCUT2D eigenvalue weighted by Gasteiger charge is -2.14. The average Bonchev–Trinajstić information content (AvgIpc) is 3.34. The van der Waals surface area contributed by atoms with Crippen molar-refractivity contribution in [2.75, 3.05) is 6.26 Å². The molecule has 9 heteroatoms. The summed E-state index contributed by atoms with van der Waals surface area (Å²) in [7, 11) is -1.35. The molecule has 1 atom stereocenters. The molecule has 0 saturated carbocycles. The zero-order valence-electron chi connectivity index (χ0n) is 17.9. The predicted octanol–water partition coefficient (Wildman–Crippen LogP) is 4.35. The maximum atomic E-state index is 13.1. The fraction of sp³-hybridized carbons (Fsp3) is 0.217. The molecule has 0 fully saturated rings. The SMILES string of the molecule is C[C@@H](NC(=O)c1oc2ccccc2c1CSc1nccn1C)c1ccc(S(C)(=O)=O)cc1. The van der Waals surface area contributed by atoms with Crippen molar-refractivity contribution in [3.8, 4) is 0 Å². The largest absolute Gasteiger partial charge is 0.451 e. The zero-order chi connectivity index (χ0) is 22.9. The van der Waals surface area contributed by atoms with Gasteiger partial charge in [0.1, 0.15) is 5.58 Å². The summed E-state index contributed by atoms with van der Waals surface area (Å²) in [6.45, 7) is 1.85. The van der Waals surface area contributed by atoms with Crippen LogP contribution in [0.25, 0.3) is 11.0 Å². The normalized spacial score (nSPS) is 12.7. The maximum absolute atomic E-state index is 13.1. The lowest BCUT2D eigenvalue weighted by molar-refractivity contribution is 0.0913. The topological polar surface area (TPSA) is 94.2 Å². The molecule has 4 rings (SSSR count). The number of rotatable bonds is 7. The van der Waals surface area contributed by atoms with Gasteiger partial charge in [0.15, 0.2) is 20.8 Å². The first-order valence-corrected chi connectivity index (χ1v) is 12.8. The first kappa shape index (κ1) is 22.2. The van der Waals surface area contributed by atoms with Crippen molar-refractivity contribution in [2.45, 2.75) is 28.8 Å². The summed E-state index contributed by atoms with van der Waals surface area (Å²) in [5.74, 6) is 0.478. The minimum absolute atomic E-state index is 0.241. The maximum Gasteiger partial charge on any atom is 0.287 e. The van der Waals surface area contributed by atoms with E-state index < -0.39 is 9.84 Å². The monoisotopic (exact) mass is 469 g/mol. The van der Waals surface area contributed by atoms with Gasteiger partial charge < -0.3 is 14.3 Å². The van der Waals surface area contributed by atoms with Crippen LogP contribution < -0.4 is 5.32 Å². The van der Waals surface area contributed by atoms with Crippen LogP contribution in [-0.4, -0.2) is 30.1 Å². The second-order valence-electron chi connectivity index (χ2n) is 7.55. The van der Waals surface area contributed by atoms with Gasteiger partial charge in [-0.1, -0.05) is 42.1 Å². The number of amides is 1. The zero-order valence-corrected chi connectivity index (χ0v) is 19.5. The number of hydrogen-bond donors (Lipinski definition) is 1. The van der Waals surface area contributed by atoms with Gasteiger partial charge in [-0.3, -0.25) is 4.79 Å². The highest BCUT2D eigenvalue weighted by Gasteiger charge is 2.23. The van der Waals surface area contributed by atoms with Gasteiger partial charge in [0.25, 0.3) is 5.91 Å². The number of furan rings is 1. The molecular formula is C23H23N3O4S2. The highest BCUT2D eigenvalue weighted by molar-refractivity contribution is 7.98. The summed E-state index contributed by atoms with van der Waals surface area (Å²) >= 11 is 1.53. The van der Waals surface area contributed by atoms with Crippen LogP contribution in [0.2, 0.25) is 0 Å². The highest BCUT2D eigenvalue weighted by atomic mass is 32.2. The van der Waals surface area contributed by atoms with E-state index in [-0.39, 0.29) is 22.6 Å². The standard InChI is InChI=1S/C23H23N3O4S2/c1-15(16-8-10-17(11-9-16)32(3,28)29)25-22(27)21-19(14-31-23-24-12-13-26(23)2)18-6-4-5-7-20(18)30-21/h4-13,15H,14H2,1-3H3,(H,25,27)/t15-/m1/s1. The Morgan fingerprint density at radius 2 is 1.91 bits per heavy atom. The van der Waals surface area contributed by atoms with Crippen LogP contribution in [0.1, 0.15) is 34.6 Å². The summed E-state index contributed by atoms with van der Waals surface area (Å²) in [6, 6.07) is 13.7. The number of sulfone groups is 1. The molecule has 0 bridgehead atoms. The smallest absolute Gasteiger partial charge is 0.287 e. The van der Waals surface area contributed by atoms with E-state index in [1.807, 2.05) is 49.0 Å². The summed E-state index contributed by atoms with van der Waals surface area (Å²) in [5, 5.41) is 4.71. The van der Waals surface area contributed by atoms with E-state index >= 15 is 0 Å². The lowest BCUT2D eigenvalue weighted by Crippen LogP contribution is -2.27. The van der Waals surface area contributed by atoms with E-state index in [2.05, 4.69) is 10.3 Å². The number of benzene rings is 2. The molecule has 0 aliphatic heterocycles. The third-order valence-electron chi connectivity index (χ3n) is 5.18. The van der Waals surface area contributed by atoms with Crippen molar-refractivity contribution in [1.29, 1.82) is 0 Å². The van der Waals surface area contributed by atoms with Crippen LogP contribution in [0, 0.1) is 0 Å². The van der Waals surface area contributed by atoms with E-state index in [0.29, 0.717) is 11.3 Å². The number of carbonyl (C=O) groups excluding carboxylic acids is 1. The molecule has 0 saturated heterocycles. The Kier molecular flexibility index (Phi) is 6.12. The minimum Gasteiger partial charge on any atom is -0.451 e. The van der Waals surface area contributed by atoms with Crippen molar-refractivity contribution in [3.05, 3.63) is 77.8 Å². The molecule has 1 amide bonds. The third kappa shape index (κ3) is 4.58. The second kappa shape index (κ2) is 8.84. The first-order valence-electron chi connectivity index (χ1n) is 9.95. The number of aromatic nitrogens is 2. The van der Waals surface area contributed by atoms with Crippen LogP contribution >= 0.6 is 11.8 Å². The number of hydrogen-bond acceptors (Lipinski definition) is 6. The van der Waals surface area contributed by atoms with E-state index in [1.54, 1.807) is 30.5 Å². The lowest BCUT2D eigenvalue weighted by atomic mass is 10.1. The predicted molar refractivity (Wildman–Crippen MR) is 124 cm³/mol. The van der Waals surface area contributed by atoms with E-state index in [1.165, 1.54) is 18.0 Å². The Labute approximate surface area is 190 Å². The molecular weight excluding hydrogens is 446 g/mol. The number of thioether (sulfide) groups is 1. The van der Waals surface area contributed by atoms with Crippen LogP contribution in [0.5, 0.6) is 0 Å². The molecule has 0 unspecified atom stereocenters. The van der Waals surface area contributed by atoms with Crippen LogP contribution in [0.4, 0.5) is 0 Å². The van der Waals surface area contributed by atoms with Crippen LogP contribution in [0.3, 0.4) is 0 Å². The van der Waals surface area contributed by atoms with Crippen molar-refractivity contribution in [1.82, 2.24) is 14.9 Å². The molecule has 4 aromatic rings. The summed E-state index contributed by atoms with van der Waals surface area (Å²) in [4.78, 5) is 17.7. The first-order chi connectivity index (χ1) is 15.2. The molecule has 0 aliphatic rings. The number of nitrogens with zero attached hydrogens (tertiary/aromatic N) is 2. The van der Waals surface area contributed by atoms with Gasteiger partial charge in [-0.05, 0) is 30.7 Å². The van der Waals surface area contributed by atoms with E-state index in [4.69, 9.17) is 4.42 Å². The fourth-order valence-electron chi connectivity index (χ4n) is 3.40. The second-order valence-corrected chi connectivity index (χ2v) is 10.5. The Hall–Kier alpha value is -3.04. The summed E-state index contributed by atoms with van der Waals surface area (Å²) < 4.78 is 31.2. The molecule has 0 aliphatic carbocycles. The number of aryl methyl sites for hydroxylation is 1. The number of carbonyl (C=O) groups is 1. The number of nitrogens with one attached hydrogen (secondary N) is 1. The van der Waals surface area contributed by atoms with Crippen molar-refractivity contribution in [3.63, 3.8) is 0 Å². The van der Waals surface area contributed by atoms with Gasteiger partial charge in [0.2, 0.25) is 0 Å². The molecule has 1 N–H and O–H groups in total. The summed E-state index contributed by atoms with van der Waals surface area (Å²) in [5.41, 5.74) is 2.26. The van der Waals surface area contributed by atoms with Crippen molar-refractivity contribution in [2.24, 2.45) is 7.05 Å². The van der Waals surface area contributed by atoms with Gasteiger partial charge >= 0.3 is 0 Å². The van der Waals surface area contributed by atoms with Gasteiger partial charge in [0, 0.05) is 42.4 Å². The van der Waals surface area contributed by atoms with Gasteiger partial charge in [-0.2, -0.15) is 0 Å². The van der Waals surface area contributed by atoms with Crippen LogP contribution in [-0.2, 0) is 22.6 Å². The van der Waals surface area contributed by atoms with Gasteiger partial charge in [-0.15, -0.1) is 0 Å². The number of fused-ring (bicyclic) bond motifs is 1. The van der Waals surface area contributed by atoms with Crippen molar-refractivity contribution < 1.29 is 17.6 Å². The molecule has 2 aromatic heterocycles. The highest BCUT2D eigenvalue weighted by Crippen LogP contribution is 2.32. The van der Waals surface area contributed by atoms with Gasteiger partial charge in [0.05, 0.1) is 10.9 Å². The minimum atomic E-state index is -3.27. The molecule has 2 heterocycles. The summed E-state index contributed by atoms with van der Waals surface area (Å²) in [6.07, 6.45) is 4.78. The van der Waals surface area contributed by atoms with E-state index in [0.717, 1.165) is 21.7 Å². The Bertz CT molecular complexity index is 1370. The number of para-hydroxylation sites is 1. The molecule has 166 valence electrons. The quantitative estimate of drug-likeness (QED) is 0.404. The average molecular weight is 470 g/mol. The molecule has 0 radical (unpaired) electrons. The van der Waals surface area contributed by atoms with Gasteiger partial charge in [-0.25, -0.2) is 13.4 Å². The Morgan fingerprint density at radius 1 is 1.19 bits per heavy atom. The number of imidazole rings is 1. The van der Waals surface area contributed by atoms with Crippen molar-refractivity contribution >= 4 is 38.5 Å². The molecule has 7 nitrogen and oxygen atoms in total. The Morgan fingerprint density at radius 3 is 2.56 bits per heavy atom. The molecule has 32 heavy (non-hydrogen) atoms. The van der Waals surface area contributed by atoms with Crippen LogP contribution in [0.15, 0.2) is 75.4 Å². The Balaban J connectivity index is 1.58. The fourth-order valence-corrected chi connectivity index (χ4v) is 4.99. The molecule has 2 aromatic carbocycles. The third-order valence-corrected chi connectivity index (χ3v) is 7.40. The van der Waals surface area contributed by atoms with E-state index in [9.17, 15) is 13.2 Å².